The van der Waals surface area contributed by atoms with Crippen LogP contribution in [0.15, 0.2) is 42.5 Å². The van der Waals surface area contributed by atoms with E-state index in [1.54, 1.807) is 30.3 Å². The smallest absolute Gasteiger partial charge is 0.276 e. The minimum absolute atomic E-state index is 0.213. The van der Waals surface area contributed by atoms with Crippen molar-refractivity contribution in [3.05, 3.63) is 64.2 Å². The molecule has 2 rings (SSSR count). The van der Waals surface area contributed by atoms with Crippen LogP contribution in [-0.4, -0.2) is 18.4 Å². The van der Waals surface area contributed by atoms with Gasteiger partial charge in [-0.1, -0.05) is 29.3 Å². The lowest BCUT2D eigenvalue weighted by atomic mass is 10.1. The number of hydrogen-bond acceptors (Lipinski definition) is 3. The van der Waals surface area contributed by atoms with Crippen molar-refractivity contribution in [1.82, 2.24) is 10.9 Å². The highest BCUT2D eigenvalue weighted by Gasteiger charge is 2.10. The van der Waals surface area contributed by atoms with Crippen LogP contribution < -0.4 is 15.6 Å². The number of rotatable bonds is 4. The Morgan fingerprint density at radius 2 is 1.74 bits per heavy atom. The van der Waals surface area contributed by atoms with Gasteiger partial charge in [-0.15, -0.1) is 0 Å². The number of carbonyl (C=O) groups is 2. The van der Waals surface area contributed by atoms with Gasteiger partial charge in [-0.05, 0) is 49.7 Å². The van der Waals surface area contributed by atoms with Gasteiger partial charge in [-0.25, -0.2) is 0 Å². The molecular weight excluding hydrogens is 316 g/mol. The third kappa shape index (κ3) is 5.00. The number of halogens is 1. The molecule has 0 heterocycles. The second-order valence-electron chi connectivity index (χ2n) is 5.06. The topological polar surface area (TPSA) is 67.4 Å². The lowest BCUT2D eigenvalue weighted by molar-refractivity contribution is -0.123. The fourth-order valence-electron chi connectivity index (χ4n) is 1.98. The van der Waals surface area contributed by atoms with Gasteiger partial charge in [-0.3, -0.25) is 20.4 Å². The summed E-state index contributed by atoms with van der Waals surface area (Å²) in [5.74, 6) is -0.314. The van der Waals surface area contributed by atoms with Gasteiger partial charge >= 0.3 is 0 Å². The summed E-state index contributed by atoms with van der Waals surface area (Å²) < 4.78 is 5.28. The van der Waals surface area contributed by atoms with E-state index in [4.69, 9.17) is 16.3 Å². The van der Waals surface area contributed by atoms with Crippen LogP contribution in [0, 0.1) is 13.8 Å². The van der Waals surface area contributed by atoms with Crippen LogP contribution in [-0.2, 0) is 4.79 Å². The van der Waals surface area contributed by atoms with Gasteiger partial charge in [0.2, 0.25) is 0 Å². The Hall–Kier alpha value is -2.53. The molecule has 2 amide bonds. The number of carbonyl (C=O) groups excluding carboxylic acids is 2. The van der Waals surface area contributed by atoms with Crippen LogP contribution in [0.4, 0.5) is 0 Å². The molecule has 0 saturated carbocycles. The Kier molecular flexibility index (Phi) is 5.60. The van der Waals surface area contributed by atoms with E-state index in [9.17, 15) is 9.59 Å². The second kappa shape index (κ2) is 7.65. The summed E-state index contributed by atoms with van der Waals surface area (Å²) in [4.78, 5) is 23.7. The van der Waals surface area contributed by atoms with Gasteiger partial charge < -0.3 is 4.74 Å². The zero-order valence-corrected chi connectivity index (χ0v) is 13.6. The van der Waals surface area contributed by atoms with E-state index >= 15 is 0 Å². The monoisotopic (exact) mass is 332 g/mol. The van der Waals surface area contributed by atoms with Crippen LogP contribution in [0.25, 0.3) is 0 Å². The zero-order valence-electron chi connectivity index (χ0n) is 12.9. The highest BCUT2D eigenvalue weighted by atomic mass is 35.5. The van der Waals surface area contributed by atoms with E-state index in [1.165, 1.54) is 0 Å². The second-order valence-corrected chi connectivity index (χ2v) is 5.50. The first-order valence-corrected chi connectivity index (χ1v) is 7.38. The van der Waals surface area contributed by atoms with Crippen LogP contribution in [0.1, 0.15) is 21.5 Å². The molecule has 2 N–H and O–H groups in total. The Morgan fingerprint density at radius 3 is 2.39 bits per heavy atom. The van der Waals surface area contributed by atoms with E-state index in [-0.39, 0.29) is 12.5 Å². The fraction of sp³-hybridized carbons (Fsp3) is 0.176. The van der Waals surface area contributed by atoms with Gasteiger partial charge in [0.1, 0.15) is 5.75 Å². The summed E-state index contributed by atoms with van der Waals surface area (Å²) in [6.07, 6.45) is 0. The summed E-state index contributed by atoms with van der Waals surface area (Å²) >= 11 is 5.76. The van der Waals surface area contributed by atoms with E-state index in [0.717, 1.165) is 11.1 Å². The number of nitrogens with one attached hydrogen (secondary N) is 2. The van der Waals surface area contributed by atoms with Gasteiger partial charge in [0.05, 0.1) is 0 Å². The van der Waals surface area contributed by atoms with E-state index in [2.05, 4.69) is 10.9 Å². The number of hydrogen-bond donors (Lipinski definition) is 2. The molecule has 6 heteroatoms. The fourth-order valence-corrected chi connectivity index (χ4v) is 2.10. The molecule has 0 atom stereocenters. The molecule has 2 aromatic carbocycles. The molecule has 0 unspecified atom stereocenters. The molecule has 5 nitrogen and oxygen atoms in total. The first kappa shape index (κ1) is 16.8. The summed E-state index contributed by atoms with van der Waals surface area (Å²) in [5.41, 5.74) is 7.10. The molecule has 0 aliphatic heterocycles. The summed E-state index contributed by atoms with van der Waals surface area (Å²) in [7, 11) is 0. The lowest BCUT2D eigenvalue weighted by Crippen LogP contribution is -2.44. The van der Waals surface area contributed by atoms with Crippen LogP contribution in [0.2, 0.25) is 5.02 Å². The van der Waals surface area contributed by atoms with Gasteiger partial charge in [0.15, 0.2) is 6.61 Å². The average molecular weight is 333 g/mol. The Balaban J connectivity index is 1.81. The highest BCUT2D eigenvalue weighted by Crippen LogP contribution is 2.15. The quantitative estimate of drug-likeness (QED) is 0.846. The van der Waals surface area contributed by atoms with Gasteiger partial charge in [0.25, 0.3) is 11.8 Å². The van der Waals surface area contributed by atoms with Crippen molar-refractivity contribution in [1.29, 1.82) is 0 Å². The first-order chi connectivity index (χ1) is 11.0. The molecular formula is C17H17ClN2O3. The molecule has 0 radical (unpaired) electrons. The maximum atomic E-state index is 12.0. The van der Waals surface area contributed by atoms with Crippen molar-refractivity contribution in [2.75, 3.05) is 6.61 Å². The number of amides is 2. The summed E-state index contributed by atoms with van der Waals surface area (Å²) in [6, 6.07) is 12.1. The number of hydrazine groups is 1. The Labute approximate surface area is 139 Å². The van der Waals surface area contributed by atoms with Gasteiger partial charge in [-0.2, -0.15) is 0 Å². The standard InChI is InChI=1S/C17H17ClN2O3/c1-11-3-8-15(12(2)9-11)17(22)20-19-16(21)10-23-14-6-4-13(18)5-7-14/h3-9H,10H2,1-2H3,(H,19,21)(H,20,22). The number of benzene rings is 2. The third-order valence-electron chi connectivity index (χ3n) is 3.13. The Morgan fingerprint density at radius 1 is 1.04 bits per heavy atom. The van der Waals surface area contributed by atoms with Crippen molar-refractivity contribution in [3.8, 4) is 5.75 Å². The molecule has 2 aromatic rings. The summed E-state index contributed by atoms with van der Waals surface area (Å²) in [6.45, 7) is 3.58. The largest absolute Gasteiger partial charge is 0.484 e. The van der Waals surface area contributed by atoms with Crippen molar-refractivity contribution in [2.45, 2.75) is 13.8 Å². The average Bonchev–Trinajstić information content (AvgIpc) is 2.52. The lowest BCUT2D eigenvalue weighted by Gasteiger charge is -2.10. The molecule has 0 saturated heterocycles. The molecule has 120 valence electrons. The SMILES string of the molecule is Cc1ccc(C(=O)NNC(=O)COc2ccc(Cl)cc2)c(C)c1. The predicted octanol–water partition coefficient (Wildman–Crippen LogP) is 2.80. The number of ether oxygens (including phenoxy) is 1. The molecule has 0 fully saturated rings. The van der Waals surface area contributed by atoms with Crippen molar-refractivity contribution in [3.63, 3.8) is 0 Å². The summed E-state index contributed by atoms with van der Waals surface area (Å²) in [5, 5.41) is 0.586. The molecule has 0 aliphatic rings. The van der Waals surface area contributed by atoms with Crippen LogP contribution in [0.5, 0.6) is 5.75 Å². The minimum atomic E-state index is -0.460. The van der Waals surface area contributed by atoms with Crippen molar-refractivity contribution >= 4 is 23.4 Å². The van der Waals surface area contributed by atoms with Crippen LogP contribution >= 0.6 is 11.6 Å². The first-order valence-electron chi connectivity index (χ1n) is 7.00. The van der Waals surface area contributed by atoms with Gasteiger partial charge in [0, 0.05) is 10.6 Å². The number of aryl methyl sites for hydroxylation is 2. The highest BCUT2D eigenvalue weighted by molar-refractivity contribution is 6.30. The predicted molar refractivity (Wildman–Crippen MR) is 88.5 cm³/mol. The maximum absolute atomic E-state index is 12.0. The molecule has 0 aromatic heterocycles. The van der Waals surface area contributed by atoms with Crippen molar-refractivity contribution < 1.29 is 14.3 Å². The van der Waals surface area contributed by atoms with Crippen molar-refractivity contribution in [2.24, 2.45) is 0 Å². The molecule has 0 spiro atoms. The zero-order chi connectivity index (χ0) is 16.8. The Bertz CT molecular complexity index is 714. The molecule has 23 heavy (non-hydrogen) atoms. The van der Waals surface area contributed by atoms with E-state index < -0.39 is 5.91 Å². The molecule has 0 aliphatic carbocycles. The normalized spacial score (nSPS) is 10.0. The van der Waals surface area contributed by atoms with Crippen LogP contribution in [0.3, 0.4) is 0 Å². The van der Waals surface area contributed by atoms with E-state index in [1.807, 2.05) is 26.0 Å². The third-order valence-corrected chi connectivity index (χ3v) is 3.38. The maximum Gasteiger partial charge on any atom is 0.276 e. The molecule has 0 bridgehead atoms. The van der Waals surface area contributed by atoms with E-state index in [0.29, 0.717) is 16.3 Å². The minimum Gasteiger partial charge on any atom is -0.484 e.